The number of nitrogens with one attached hydrogen (secondary N) is 1. The Bertz CT molecular complexity index is 764. The molecule has 0 radical (unpaired) electrons. The van der Waals surface area contributed by atoms with Crippen molar-refractivity contribution in [3.63, 3.8) is 0 Å². The predicted molar refractivity (Wildman–Crippen MR) is 93.1 cm³/mol. The summed E-state index contributed by atoms with van der Waals surface area (Å²) < 4.78 is 41.0. The third kappa shape index (κ3) is 4.51. The lowest BCUT2D eigenvalue weighted by molar-refractivity contribution is -0.274. The summed E-state index contributed by atoms with van der Waals surface area (Å²) in [5.74, 6) is 0.119. The van der Waals surface area contributed by atoms with E-state index in [1.807, 2.05) is 11.8 Å². The van der Waals surface area contributed by atoms with Crippen molar-refractivity contribution in [1.82, 2.24) is 9.88 Å². The van der Waals surface area contributed by atoms with Crippen LogP contribution in [-0.4, -0.2) is 35.2 Å². The van der Waals surface area contributed by atoms with Crippen molar-refractivity contribution in [2.24, 2.45) is 5.92 Å². The summed E-state index contributed by atoms with van der Waals surface area (Å²) in [5.41, 5.74) is 0.999. The quantitative estimate of drug-likeness (QED) is 0.797. The molecule has 1 heterocycles. The highest BCUT2D eigenvalue weighted by molar-refractivity contribution is 5.98. The molecule has 1 saturated carbocycles. The molecule has 4 nitrogen and oxygen atoms in total. The second-order valence-corrected chi connectivity index (χ2v) is 6.83. The van der Waals surface area contributed by atoms with Crippen LogP contribution in [0.3, 0.4) is 0 Å². The second-order valence-electron chi connectivity index (χ2n) is 6.83. The first-order valence-electron chi connectivity index (χ1n) is 9.03. The molecule has 1 aliphatic rings. The Morgan fingerprint density at radius 2 is 1.96 bits per heavy atom. The van der Waals surface area contributed by atoms with Crippen LogP contribution >= 0.6 is 0 Å². The number of hydrogen-bond acceptors (Lipinski definition) is 2. The van der Waals surface area contributed by atoms with E-state index in [4.69, 9.17) is 0 Å². The third-order valence-electron chi connectivity index (χ3n) is 4.93. The molecule has 0 aliphatic heterocycles. The fourth-order valence-electron chi connectivity index (χ4n) is 3.63. The molecule has 3 rings (SSSR count). The van der Waals surface area contributed by atoms with Crippen LogP contribution in [0.1, 0.15) is 49.5 Å². The van der Waals surface area contributed by atoms with E-state index in [0.717, 1.165) is 19.4 Å². The molecule has 1 fully saturated rings. The Hall–Kier alpha value is -2.18. The molecule has 26 heavy (non-hydrogen) atoms. The number of fused-ring (bicyclic) bond motifs is 1. The van der Waals surface area contributed by atoms with Gasteiger partial charge in [-0.15, -0.1) is 13.2 Å². The molecule has 142 valence electrons. The van der Waals surface area contributed by atoms with E-state index < -0.39 is 6.36 Å². The first-order valence-corrected chi connectivity index (χ1v) is 9.03. The molecule has 2 aromatic rings. The monoisotopic (exact) mass is 368 g/mol. The maximum Gasteiger partial charge on any atom is 0.573 e. The highest BCUT2D eigenvalue weighted by atomic mass is 19.4. The van der Waals surface area contributed by atoms with E-state index in [1.165, 1.54) is 37.5 Å². The molecule has 1 aliphatic carbocycles. The van der Waals surface area contributed by atoms with E-state index >= 15 is 0 Å². The number of halogens is 3. The fraction of sp³-hybridized carbons (Fsp3) is 0.526. The topological polar surface area (TPSA) is 45.3 Å². The Kier molecular flexibility index (Phi) is 5.44. The number of benzene rings is 1. The van der Waals surface area contributed by atoms with Gasteiger partial charge in [-0.2, -0.15) is 0 Å². The Morgan fingerprint density at radius 3 is 2.62 bits per heavy atom. The number of alkyl halides is 3. The van der Waals surface area contributed by atoms with E-state index in [-0.39, 0.29) is 11.7 Å². The minimum atomic E-state index is -4.73. The number of aromatic amines is 1. The number of nitrogens with zero attached hydrogens (tertiary/aromatic N) is 1. The summed E-state index contributed by atoms with van der Waals surface area (Å²) in [4.78, 5) is 17.6. The predicted octanol–water partition coefficient (Wildman–Crippen LogP) is 5.11. The highest BCUT2D eigenvalue weighted by Crippen LogP contribution is 2.28. The van der Waals surface area contributed by atoms with Crippen LogP contribution in [-0.2, 0) is 0 Å². The van der Waals surface area contributed by atoms with Gasteiger partial charge in [0.05, 0.1) is 0 Å². The van der Waals surface area contributed by atoms with Gasteiger partial charge in [0.25, 0.3) is 5.91 Å². The Morgan fingerprint density at radius 1 is 1.23 bits per heavy atom. The van der Waals surface area contributed by atoms with Crippen LogP contribution in [0, 0.1) is 5.92 Å². The molecule has 0 spiro atoms. The van der Waals surface area contributed by atoms with E-state index in [1.54, 1.807) is 6.07 Å². The molecular formula is C19H23F3N2O2. The minimum Gasteiger partial charge on any atom is -0.406 e. The Balaban J connectivity index is 1.76. The lowest BCUT2D eigenvalue weighted by atomic mass is 9.89. The maximum absolute atomic E-state index is 12.8. The van der Waals surface area contributed by atoms with Crippen molar-refractivity contribution in [1.29, 1.82) is 0 Å². The van der Waals surface area contributed by atoms with E-state index in [0.29, 0.717) is 29.1 Å². The molecule has 0 saturated heterocycles. The van der Waals surface area contributed by atoms with E-state index in [2.05, 4.69) is 9.72 Å². The van der Waals surface area contributed by atoms with Crippen molar-refractivity contribution in [3.05, 3.63) is 30.0 Å². The van der Waals surface area contributed by atoms with Crippen molar-refractivity contribution < 1.29 is 22.7 Å². The van der Waals surface area contributed by atoms with Gasteiger partial charge in [0.1, 0.15) is 11.4 Å². The fourth-order valence-corrected chi connectivity index (χ4v) is 3.63. The number of carbonyl (C=O) groups is 1. The smallest absolute Gasteiger partial charge is 0.406 e. The number of amides is 1. The summed E-state index contributed by atoms with van der Waals surface area (Å²) in [6.07, 6.45) is 1.25. The van der Waals surface area contributed by atoms with Crippen LogP contribution < -0.4 is 4.74 Å². The third-order valence-corrected chi connectivity index (χ3v) is 4.93. The van der Waals surface area contributed by atoms with Gasteiger partial charge in [-0.05, 0) is 49.9 Å². The standard InChI is InChI=1S/C19H23F3N2O2/c1-2-24(12-13-6-4-3-5-7-13)18(25)17-11-14-10-15(26-19(20,21)22)8-9-16(14)23-17/h8-11,13,23H,2-7,12H2,1H3. The van der Waals surface area contributed by atoms with Crippen LogP contribution in [0.4, 0.5) is 13.2 Å². The van der Waals surface area contributed by atoms with Crippen LogP contribution in [0.15, 0.2) is 24.3 Å². The van der Waals surface area contributed by atoms with Crippen molar-refractivity contribution in [2.75, 3.05) is 13.1 Å². The first-order chi connectivity index (χ1) is 12.4. The van der Waals surface area contributed by atoms with Gasteiger partial charge in [0.15, 0.2) is 0 Å². The van der Waals surface area contributed by atoms with Gasteiger partial charge in [-0.1, -0.05) is 19.3 Å². The molecular weight excluding hydrogens is 345 g/mol. The molecule has 1 amide bonds. The number of ether oxygens (including phenoxy) is 1. The lowest BCUT2D eigenvalue weighted by Crippen LogP contribution is -2.36. The molecule has 1 aromatic heterocycles. The summed E-state index contributed by atoms with van der Waals surface area (Å²) in [6.45, 7) is 3.28. The molecule has 0 atom stereocenters. The van der Waals surface area contributed by atoms with Crippen molar-refractivity contribution >= 4 is 16.8 Å². The molecule has 1 N–H and O–H groups in total. The van der Waals surface area contributed by atoms with Crippen LogP contribution in [0.5, 0.6) is 5.75 Å². The summed E-state index contributed by atoms with van der Waals surface area (Å²) >= 11 is 0. The summed E-state index contributed by atoms with van der Waals surface area (Å²) in [6, 6.07) is 5.60. The largest absolute Gasteiger partial charge is 0.573 e. The number of rotatable bonds is 5. The first kappa shape index (κ1) is 18.6. The SMILES string of the molecule is CCN(CC1CCCCC1)C(=O)c1cc2cc(OC(F)(F)F)ccc2[nH]1. The van der Waals surface area contributed by atoms with E-state index in [9.17, 15) is 18.0 Å². The molecule has 1 aromatic carbocycles. The number of carbonyl (C=O) groups excluding carboxylic acids is 1. The highest BCUT2D eigenvalue weighted by Gasteiger charge is 2.31. The van der Waals surface area contributed by atoms with Crippen molar-refractivity contribution in [2.45, 2.75) is 45.4 Å². The zero-order valence-electron chi connectivity index (χ0n) is 14.7. The second kappa shape index (κ2) is 7.60. The average Bonchev–Trinajstić information content (AvgIpc) is 3.02. The van der Waals surface area contributed by atoms with Crippen molar-refractivity contribution in [3.8, 4) is 5.75 Å². The maximum atomic E-state index is 12.8. The minimum absolute atomic E-state index is 0.118. The van der Waals surface area contributed by atoms with Gasteiger partial charge >= 0.3 is 6.36 Å². The van der Waals surface area contributed by atoms with Crippen LogP contribution in [0.2, 0.25) is 0 Å². The number of H-pyrrole nitrogens is 1. The molecule has 0 bridgehead atoms. The number of hydrogen-bond donors (Lipinski definition) is 1. The van der Waals surface area contributed by atoms with Gasteiger partial charge in [0.2, 0.25) is 0 Å². The zero-order valence-corrected chi connectivity index (χ0v) is 14.7. The lowest BCUT2D eigenvalue weighted by Gasteiger charge is -2.28. The molecule has 7 heteroatoms. The zero-order chi connectivity index (χ0) is 18.7. The summed E-state index contributed by atoms with van der Waals surface area (Å²) in [7, 11) is 0. The van der Waals surface area contributed by atoms with Crippen LogP contribution in [0.25, 0.3) is 10.9 Å². The summed E-state index contributed by atoms with van der Waals surface area (Å²) in [5, 5.41) is 0.517. The average molecular weight is 368 g/mol. The number of aromatic nitrogens is 1. The van der Waals surface area contributed by atoms with Gasteiger partial charge in [-0.25, -0.2) is 0 Å². The van der Waals surface area contributed by atoms with Gasteiger partial charge < -0.3 is 14.6 Å². The normalized spacial score (nSPS) is 16.0. The van der Waals surface area contributed by atoms with Gasteiger partial charge in [-0.3, -0.25) is 4.79 Å². The molecule has 0 unspecified atom stereocenters. The Labute approximate surface area is 150 Å². The van der Waals surface area contributed by atoms with Gasteiger partial charge in [0, 0.05) is 24.0 Å².